The first-order chi connectivity index (χ1) is 7.08. The van der Waals surface area contributed by atoms with E-state index in [0.29, 0.717) is 19.0 Å². The number of hydrogen-bond acceptors (Lipinski definition) is 3. The maximum absolute atomic E-state index is 11.5. The molecule has 88 valence electrons. The van der Waals surface area contributed by atoms with E-state index in [2.05, 4.69) is 19.2 Å². The van der Waals surface area contributed by atoms with Crippen molar-refractivity contribution in [2.45, 2.75) is 32.8 Å². The Morgan fingerprint density at radius 3 is 2.87 bits per heavy atom. The molecule has 1 saturated heterocycles. The first-order valence-corrected chi connectivity index (χ1v) is 5.75. The van der Waals surface area contributed by atoms with Gasteiger partial charge in [0, 0.05) is 19.6 Å². The van der Waals surface area contributed by atoms with Gasteiger partial charge >= 0.3 is 0 Å². The van der Waals surface area contributed by atoms with Crippen LogP contribution in [0.4, 0.5) is 0 Å². The summed E-state index contributed by atoms with van der Waals surface area (Å²) in [4.78, 5) is 13.4. The maximum Gasteiger partial charge on any atom is 0.234 e. The number of nitrogens with one attached hydrogen (secondary N) is 1. The van der Waals surface area contributed by atoms with E-state index in [1.54, 1.807) is 0 Å². The highest BCUT2D eigenvalue weighted by Crippen LogP contribution is 2.07. The summed E-state index contributed by atoms with van der Waals surface area (Å²) in [6.45, 7) is 6.93. The average Bonchev–Trinajstić information content (AvgIpc) is 2.50. The van der Waals surface area contributed by atoms with Crippen molar-refractivity contribution in [1.82, 2.24) is 10.2 Å². The van der Waals surface area contributed by atoms with Gasteiger partial charge < -0.3 is 10.4 Å². The molecule has 1 amide bonds. The zero-order valence-corrected chi connectivity index (χ0v) is 9.70. The number of rotatable bonds is 5. The Labute approximate surface area is 91.6 Å². The van der Waals surface area contributed by atoms with Gasteiger partial charge in [-0.25, -0.2) is 0 Å². The van der Waals surface area contributed by atoms with Crippen molar-refractivity contribution in [3.63, 3.8) is 0 Å². The van der Waals surface area contributed by atoms with E-state index in [1.807, 2.05) is 4.90 Å². The fourth-order valence-electron chi connectivity index (χ4n) is 1.72. The number of likely N-dealkylation sites (tertiary alicyclic amines) is 1. The average molecular weight is 214 g/mol. The number of amides is 1. The third-order valence-corrected chi connectivity index (χ3v) is 2.66. The summed E-state index contributed by atoms with van der Waals surface area (Å²) in [5.74, 6) is 0.698. The van der Waals surface area contributed by atoms with Gasteiger partial charge in [-0.3, -0.25) is 9.69 Å². The molecule has 2 N–H and O–H groups in total. The largest absolute Gasteiger partial charge is 0.392 e. The van der Waals surface area contributed by atoms with Crippen LogP contribution in [0.3, 0.4) is 0 Å². The lowest BCUT2D eigenvalue weighted by molar-refractivity contribution is -0.122. The Morgan fingerprint density at radius 2 is 2.33 bits per heavy atom. The van der Waals surface area contributed by atoms with Crippen LogP contribution in [0.25, 0.3) is 0 Å². The van der Waals surface area contributed by atoms with Gasteiger partial charge in [0.1, 0.15) is 0 Å². The molecule has 0 bridgehead atoms. The SMILES string of the molecule is CC(C)CCNC(=O)CN1CC[C@@H](O)C1. The topological polar surface area (TPSA) is 52.6 Å². The van der Waals surface area contributed by atoms with Gasteiger partial charge in [0.2, 0.25) is 5.91 Å². The number of hydrogen-bond donors (Lipinski definition) is 2. The Bertz CT molecular complexity index is 207. The summed E-state index contributed by atoms with van der Waals surface area (Å²) in [6.07, 6.45) is 1.57. The van der Waals surface area contributed by atoms with E-state index in [4.69, 9.17) is 0 Å². The van der Waals surface area contributed by atoms with Crippen molar-refractivity contribution in [2.24, 2.45) is 5.92 Å². The zero-order valence-electron chi connectivity index (χ0n) is 9.70. The van der Waals surface area contributed by atoms with Crippen LogP contribution in [-0.4, -0.2) is 48.2 Å². The van der Waals surface area contributed by atoms with Gasteiger partial charge in [-0.2, -0.15) is 0 Å². The monoisotopic (exact) mass is 214 g/mol. The molecule has 15 heavy (non-hydrogen) atoms. The molecule has 0 aromatic heterocycles. The summed E-state index contributed by atoms with van der Waals surface area (Å²) in [7, 11) is 0. The Kier molecular flexibility index (Phi) is 5.05. The van der Waals surface area contributed by atoms with E-state index in [-0.39, 0.29) is 12.0 Å². The fourth-order valence-corrected chi connectivity index (χ4v) is 1.72. The second-order valence-electron chi connectivity index (χ2n) is 4.71. The molecule has 1 fully saturated rings. The van der Waals surface area contributed by atoms with Crippen LogP contribution in [0.5, 0.6) is 0 Å². The summed E-state index contributed by atoms with van der Waals surface area (Å²) >= 11 is 0. The van der Waals surface area contributed by atoms with Crippen LogP contribution in [0.15, 0.2) is 0 Å². The van der Waals surface area contributed by atoms with Gasteiger partial charge in [0.25, 0.3) is 0 Å². The van der Waals surface area contributed by atoms with Crippen LogP contribution in [0.2, 0.25) is 0 Å². The van der Waals surface area contributed by atoms with Crippen molar-refractivity contribution in [1.29, 1.82) is 0 Å². The molecule has 1 heterocycles. The molecule has 0 saturated carbocycles. The number of β-amino-alcohol motifs (C(OH)–C–C–N with tert-alkyl or cyclic N) is 1. The van der Waals surface area contributed by atoms with E-state index >= 15 is 0 Å². The van der Waals surface area contributed by atoms with Crippen LogP contribution < -0.4 is 5.32 Å². The lowest BCUT2D eigenvalue weighted by Crippen LogP contribution is -2.37. The summed E-state index contributed by atoms with van der Waals surface area (Å²) in [5, 5.41) is 12.2. The summed E-state index contributed by atoms with van der Waals surface area (Å²) < 4.78 is 0. The molecule has 0 radical (unpaired) electrons. The molecule has 0 spiro atoms. The van der Waals surface area contributed by atoms with Gasteiger partial charge in [0.05, 0.1) is 12.6 Å². The fraction of sp³-hybridized carbons (Fsp3) is 0.909. The maximum atomic E-state index is 11.5. The lowest BCUT2D eigenvalue weighted by atomic mass is 10.1. The molecule has 1 aliphatic heterocycles. The highest BCUT2D eigenvalue weighted by molar-refractivity contribution is 5.78. The van der Waals surface area contributed by atoms with Gasteiger partial charge in [0.15, 0.2) is 0 Å². The standard InChI is InChI=1S/C11H22N2O2/c1-9(2)3-5-12-11(15)8-13-6-4-10(14)7-13/h9-10,14H,3-8H2,1-2H3,(H,12,15)/t10-/m1/s1. The zero-order chi connectivity index (χ0) is 11.3. The van der Waals surface area contributed by atoms with Crippen molar-refractivity contribution >= 4 is 5.91 Å². The molecule has 4 nitrogen and oxygen atoms in total. The number of carbonyl (C=O) groups is 1. The molecule has 4 heteroatoms. The van der Waals surface area contributed by atoms with E-state index in [9.17, 15) is 9.90 Å². The minimum atomic E-state index is -0.242. The molecule has 1 aliphatic rings. The molecule has 1 rings (SSSR count). The highest BCUT2D eigenvalue weighted by atomic mass is 16.3. The van der Waals surface area contributed by atoms with Crippen molar-refractivity contribution in [3.05, 3.63) is 0 Å². The number of aliphatic hydroxyl groups is 1. The predicted molar refractivity (Wildman–Crippen MR) is 59.5 cm³/mol. The minimum absolute atomic E-state index is 0.0738. The number of nitrogens with zero attached hydrogens (tertiary/aromatic N) is 1. The Morgan fingerprint density at radius 1 is 1.60 bits per heavy atom. The lowest BCUT2D eigenvalue weighted by Gasteiger charge is -2.14. The molecular weight excluding hydrogens is 192 g/mol. The predicted octanol–water partition coefficient (Wildman–Crippen LogP) is 0.215. The van der Waals surface area contributed by atoms with E-state index in [1.165, 1.54) is 0 Å². The molecule has 1 atom stereocenters. The van der Waals surface area contributed by atoms with E-state index < -0.39 is 0 Å². The van der Waals surface area contributed by atoms with E-state index in [0.717, 1.165) is 25.9 Å². The third kappa shape index (κ3) is 5.14. The smallest absolute Gasteiger partial charge is 0.234 e. The van der Waals surface area contributed by atoms with Crippen molar-refractivity contribution < 1.29 is 9.90 Å². The van der Waals surface area contributed by atoms with Crippen LogP contribution in [0, 0.1) is 5.92 Å². The minimum Gasteiger partial charge on any atom is -0.392 e. The normalized spacial score (nSPS) is 22.3. The van der Waals surface area contributed by atoms with Crippen molar-refractivity contribution in [2.75, 3.05) is 26.2 Å². The van der Waals surface area contributed by atoms with Crippen LogP contribution in [-0.2, 0) is 4.79 Å². The Hall–Kier alpha value is -0.610. The third-order valence-electron chi connectivity index (χ3n) is 2.66. The highest BCUT2D eigenvalue weighted by Gasteiger charge is 2.21. The first-order valence-electron chi connectivity index (χ1n) is 5.75. The Balaban J connectivity index is 2.08. The second-order valence-corrected chi connectivity index (χ2v) is 4.71. The molecule has 0 aliphatic carbocycles. The number of carbonyl (C=O) groups excluding carboxylic acids is 1. The quantitative estimate of drug-likeness (QED) is 0.688. The van der Waals surface area contributed by atoms with Crippen molar-refractivity contribution in [3.8, 4) is 0 Å². The van der Waals surface area contributed by atoms with Gasteiger partial charge in [-0.15, -0.1) is 0 Å². The van der Waals surface area contributed by atoms with Crippen LogP contribution >= 0.6 is 0 Å². The first kappa shape index (κ1) is 12.5. The molecule has 0 aromatic carbocycles. The molecule has 0 aromatic rings. The van der Waals surface area contributed by atoms with Crippen LogP contribution in [0.1, 0.15) is 26.7 Å². The van der Waals surface area contributed by atoms with Gasteiger partial charge in [-0.05, 0) is 18.8 Å². The second kappa shape index (κ2) is 6.08. The summed E-state index contributed by atoms with van der Waals surface area (Å²) in [5.41, 5.74) is 0. The van der Waals surface area contributed by atoms with Gasteiger partial charge in [-0.1, -0.05) is 13.8 Å². The summed E-state index contributed by atoms with van der Waals surface area (Å²) in [6, 6.07) is 0. The molecular formula is C11H22N2O2. The number of aliphatic hydroxyl groups excluding tert-OH is 1. The molecule has 0 unspecified atom stereocenters.